The van der Waals surface area contributed by atoms with E-state index >= 15 is 0 Å². The minimum Gasteiger partial charge on any atom is -0.479 e. The van der Waals surface area contributed by atoms with E-state index < -0.39 is 29.6 Å². The van der Waals surface area contributed by atoms with Crippen LogP contribution in [0, 0.1) is 5.41 Å². The van der Waals surface area contributed by atoms with Crippen molar-refractivity contribution in [2.75, 3.05) is 13.2 Å². The average Bonchev–Trinajstić information content (AvgIpc) is 3.40. The first-order valence-corrected chi connectivity index (χ1v) is 11.6. The molecule has 2 aliphatic heterocycles. The molecule has 176 valence electrons. The normalized spacial score (nSPS) is 25.0. The van der Waals surface area contributed by atoms with Crippen molar-refractivity contribution in [1.82, 2.24) is 10.2 Å². The van der Waals surface area contributed by atoms with E-state index in [9.17, 15) is 19.5 Å². The Morgan fingerprint density at radius 1 is 1.15 bits per heavy atom. The summed E-state index contributed by atoms with van der Waals surface area (Å²) in [4.78, 5) is 39.4. The number of carbonyl (C=O) groups excluding carboxylic acids is 2. The van der Waals surface area contributed by atoms with Crippen molar-refractivity contribution in [3.05, 3.63) is 72.3 Å². The van der Waals surface area contributed by atoms with Gasteiger partial charge in [0.2, 0.25) is 5.91 Å². The number of hydrogen-bond donors (Lipinski definition) is 2. The van der Waals surface area contributed by atoms with E-state index in [0.717, 1.165) is 22.3 Å². The number of fused-ring (bicyclic) bond motifs is 4. The van der Waals surface area contributed by atoms with Crippen LogP contribution in [0.1, 0.15) is 43.2 Å². The van der Waals surface area contributed by atoms with Crippen LogP contribution < -0.4 is 5.32 Å². The van der Waals surface area contributed by atoms with Gasteiger partial charge in [0.25, 0.3) is 0 Å². The molecule has 1 unspecified atom stereocenters. The van der Waals surface area contributed by atoms with Crippen LogP contribution in [-0.2, 0) is 14.3 Å². The quantitative estimate of drug-likeness (QED) is 0.611. The summed E-state index contributed by atoms with van der Waals surface area (Å²) in [6.07, 6.45) is 1.90. The summed E-state index contributed by atoms with van der Waals surface area (Å²) >= 11 is 0. The average molecular weight is 461 g/mol. The molecule has 7 heteroatoms. The molecular weight excluding hydrogens is 432 g/mol. The van der Waals surface area contributed by atoms with Crippen molar-refractivity contribution in [3.8, 4) is 11.1 Å². The highest BCUT2D eigenvalue weighted by Gasteiger charge is 2.69. The van der Waals surface area contributed by atoms with Gasteiger partial charge in [-0.2, -0.15) is 0 Å². The lowest BCUT2D eigenvalue weighted by Gasteiger charge is -2.43. The minimum atomic E-state index is -1.17. The first kappa shape index (κ1) is 22.2. The third-order valence-corrected chi connectivity index (χ3v) is 7.50. The number of benzene rings is 2. The summed E-state index contributed by atoms with van der Waals surface area (Å²) in [6.45, 7) is 6.19. The van der Waals surface area contributed by atoms with Crippen molar-refractivity contribution < 1.29 is 24.2 Å². The molecule has 34 heavy (non-hydrogen) atoms. The molecule has 2 saturated heterocycles. The Labute approximate surface area is 198 Å². The Morgan fingerprint density at radius 3 is 2.29 bits per heavy atom. The number of aliphatic carboxylic acids is 1. The fraction of sp³-hybridized carbons (Fsp3) is 0.370. The zero-order chi connectivity index (χ0) is 24.1. The van der Waals surface area contributed by atoms with Crippen molar-refractivity contribution in [1.29, 1.82) is 0 Å². The Balaban J connectivity index is 1.28. The number of nitrogens with zero attached hydrogens (tertiary/aromatic N) is 1. The maximum absolute atomic E-state index is 13.3. The Morgan fingerprint density at radius 2 is 1.74 bits per heavy atom. The summed E-state index contributed by atoms with van der Waals surface area (Å²) < 4.78 is 5.59. The van der Waals surface area contributed by atoms with Gasteiger partial charge in [-0.05, 0) is 46.9 Å². The molecule has 7 nitrogen and oxygen atoms in total. The van der Waals surface area contributed by atoms with E-state index in [0.29, 0.717) is 19.4 Å². The first-order chi connectivity index (χ1) is 16.3. The lowest BCUT2D eigenvalue weighted by Crippen LogP contribution is -2.59. The molecule has 2 N–H and O–H groups in total. The highest BCUT2D eigenvalue weighted by molar-refractivity contribution is 5.93. The van der Waals surface area contributed by atoms with Crippen LogP contribution in [0.25, 0.3) is 11.1 Å². The third-order valence-electron chi connectivity index (χ3n) is 7.50. The van der Waals surface area contributed by atoms with Crippen molar-refractivity contribution >= 4 is 18.0 Å². The molecule has 2 heterocycles. The van der Waals surface area contributed by atoms with Crippen LogP contribution in [0.2, 0.25) is 0 Å². The van der Waals surface area contributed by atoms with Gasteiger partial charge in [0, 0.05) is 12.5 Å². The molecule has 2 aliphatic carbocycles. The first-order valence-electron chi connectivity index (χ1n) is 11.6. The molecule has 1 atom stereocenters. The minimum absolute atomic E-state index is 0.0901. The van der Waals surface area contributed by atoms with Crippen LogP contribution in [0.4, 0.5) is 4.79 Å². The lowest BCUT2D eigenvalue weighted by molar-refractivity contribution is -0.160. The monoisotopic (exact) mass is 460 g/mol. The molecule has 2 aromatic carbocycles. The summed E-state index contributed by atoms with van der Waals surface area (Å²) in [5.74, 6) is -1.49. The standard InChI is InChI=1S/C27H28N2O5/c1-3-8-22(23(30)29-16-26(2)14-27(29,15-26)24(31)32)28-25(33)34-13-21-19-11-6-4-9-17(19)18-10-5-7-12-20(18)21/h3-7,9-12,21-22H,1,8,13-16H2,2H3,(H,28,33)(H,31,32). The Kier molecular flexibility index (Phi) is 5.23. The van der Waals surface area contributed by atoms with E-state index in [2.05, 4.69) is 24.0 Å². The summed E-state index contributed by atoms with van der Waals surface area (Å²) in [5.41, 5.74) is 3.11. The third kappa shape index (κ3) is 3.38. The number of amides is 2. The molecule has 1 saturated carbocycles. The molecule has 2 bridgehead atoms. The maximum Gasteiger partial charge on any atom is 0.407 e. The van der Waals surface area contributed by atoms with Gasteiger partial charge in [-0.15, -0.1) is 6.58 Å². The number of alkyl carbamates (subject to hydrolysis) is 1. The molecular formula is C27H28N2O5. The SMILES string of the molecule is C=CCC(NC(=O)OCC1c2ccccc2-c2ccccc21)C(=O)N1CC2(C)CC1(C(=O)O)C2. The second-order valence-corrected chi connectivity index (χ2v) is 9.97. The fourth-order valence-corrected chi connectivity index (χ4v) is 6.11. The van der Waals surface area contributed by atoms with Crippen LogP contribution in [0.5, 0.6) is 0 Å². The second kappa shape index (κ2) is 8.01. The van der Waals surface area contributed by atoms with Crippen molar-refractivity contribution in [2.24, 2.45) is 5.41 Å². The highest BCUT2D eigenvalue weighted by Crippen LogP contribution is 2.59. The largest absolute Gasteiger partial charge is 0.479 e. The molecule has 3 fully saturated rings. The zero-order valence-corrected chi connectivity index (χ0v) is 19.1. The number of carboxylic acid groups (broad SMARTS) is 1. The van der Waals surface area contributed by atoms with Crippen molar-refractivity contribution in [2.45, 2.75) is 43.7 Å². The summed E-state index contributed by atoms with van der Waals surface area (Å²) in [7, 11) is 0. The molecule has 0 radical (unpaired) electrons. The predicted octanol–water partition coefficient (Wildman–Crippen LogP) is 3.94. The summed E-state index contributed by atoms with van der Waals surface area (Å²) in [6, 6.07) is 15.2. The van der Waals surface area contributed by atoms with Gasteiger partial charge in [0.05, 0.1) is 0 Å². The van der Waals surface area contributed by atoms with Gasteiger partial charge >= 0.3 is 12.1 Å². The van der Waals surface area contributed by atoms with E-state index in [1.54, 1.807) is 6.08 Å². The number of carboxylic acids is 1. The van der Waals surface area contributed by atoms with E-state index in [4.69, 9.17) is 4.74 Å². The Hall–Kier alpha value is -3.61. The number of hydrogen-bond acceptors (Lipinski definition) is 4. The smallest absolute Gasteiger partial charge is 0.407 e. The van der Waals surface area contributed by atoms with Gasteiger partial charge in [-0.25, -0.2) is 9.59 Å². The van der Waals surface area contributed by atoms with Crippen molar-refractivity contribution in [3.63, 3.8) is 0 Å². The molecule has 0 aromatic heterocycles. The van der Waals surface area contributed by atoms with Gasteiger partial charge in [0.15, 0.2) is 0 Å². The fourth-order valence-electron chi connectivity index (χ4n) is 6.11. The van der Waals surface area contributed by atoms with E-state index in [1.807, 2.05) is 43.3 Å². The van der Waals surface area contributed by atoms with Crippen LogP contribution in [0.15, 0.2) is 61.2 Å². The topological polar surface area (TPSA) is 95.9 Å². The van der Waals surface area contributed by atoms with Crippen LogP contribution in [0.3, 0.4) is 0 Å². The zero-order valence-electron chi connectivity index (χ0n) is 19.1. The number of rotatable bonds is 7. The second-order valence-electron chi connectivity index (χ2n) is 9.97. The number of carbonyl (C=O) groups is 3. The van der Waals surface area contributed by atoms with Gasteiger partial charge in [-0.3, -0.25) is 4.79 Å². The van der Waals surface area contributed by atoms with E-state index in [1.165, 1.54) is 4.90 Å². The number of nitrogens with one attached hydrogen (secondary N) is 1. The molecule has 4 aliphatic rings. The molecule has 2 aromatic rings. The Bertz CT molecular complexity index is 1140. The number of ether oxygens (including phenoxy) is 1. The van der Waals surface area contributed by atoms with E-state index in [-0.39, 0.29) is 24.4 Å². The molecule has 2 amide bonds. The molecule has 0 spiro atoms. The van der Waals surface area contributed by atoms with Crippen LogP contribution in [-0.4, -0.2) is 52.7 Å². The predicted molar refractivity (Wildman–Crippen MR) is 126 cm³/mol. The highest BCUT2D eigenvalue weighted by atomic mass is 16.5. The van der Waals surface area contributed by atoms with Gasteiger partial charge in [-0.1, -0.05) is 61.5 Å². The van der Waals surface area contributed by atoms with Crippen LogP contribution >= 0.6 is 0 Å². The molecule has 6 rings (SSSR count). The maximum atomic E-state index is 13.3. The van der Waals surface area contributed by atoms with Gasteiger partial charge < -0.3 is 20.1 Å². The van der Waals surface area contributed by atoms with Gasteiger partial charge in [0.1, 0.15) is 18.2 Å². The summed E-state index contributed by atoms with van der Waals surface area (Å²) in [5, 5.41) is 12.4. The lowest BCUT2D eigenvalue weighted by atomic mass is 9.63.